The summed E-state index contributed by atoms with van der Waals surface area (Å²) in [5.74, 6) is 0.836. The van der Waals surface area contributed by atoms with Gasteiger partial charge in [-0.05, 0) is 18.2 Å². The molecule has 0 amide bonds. The standard InChI is InChI=1S/C12H11N3O3S/c1-18-9-3-2-4-10(7-9)19-12-6-8(15(16)17)5-11(13)14-12/h2-7H,1H3,(H2,13,14). The second-order valence-electron chi connectivity index (χ2n) is 3.63. The van der Waals surface area contributed by atoms with Gasteiger partial charge in [0.25, 0.3) is 5.69 Å². The molecule has 0 saturated carbocycles. The lowest BCUT2D eigenvalue weighted by atomic mass is 10.3. The van der Waals surface area contributed by atoms with Gasteiger partial charge in [-0.1, -0.05) is 17.8 Å². The van der Waals surface area contributed by atoms with Crippen LogP contribution in [0.3, 0.4) is 0 Å². The summed E-state index contributed by atoms with van der Waals surface area (Å²) in [7, 11) is 1.58. The Hall–Kier alpha value is -2.28. The summed E-state index contributed by atoms with van der Waals surface area (Å²) in [5, 5.41) is 11.2. The van der Waals surface area contributed by atoms with Gasteiger partial charge in [-0.3, -0.25) is 10.1 Å². The van der Waals surface area contributed by atoms with Crippen LogP contribution >= 0.6 is 11.8 Å². The van der Waals surface area contributed by atoms with Gasteiger partial charge in [0.05, 0.1) is 18.1 Å². The molecule has 1 heterocycles. The van der Waals surface area contributed by atoms with E-state index in [4.69, 9.17) is 10.5 Å². The zero-order valence-electron chi connectivity index (χ0n) is 10.1. The molecule has 2 aromatic rings. The van der Waals surface area contributed by atoms with E-state index in [0.29, 0.717) is 10.8 Å². The lowest BCUT2D eigenvalue weighted by molar-refractivity contribution is -0.385. The Labute approximate surface area is 113 Å². The lowest BCUT2D eigenvalue weighted by Gasteiger charge is -2.04. The first-order valence-corrected chi connectivity index (χ1v) is 6.14. The molecular formula is C12H11N3O3S. The largest absolute Gasteiger partial charge is 0.497 e. The molecular weight excluding hydrogens is 266 g/mol. The number of nitrogens with two attached hydrogens (primary N) is 1. The molecule has 6 nitrogen and oxygen atoms in total. The average molecular weight is 277 g/mol. The van der Waals surface area contributed by atoms with Crippen molar-refractivity contribution in [2.45, 2.75) is 9.92 Å². The fourth-order valence-corrected chi connectivity index (χ4v) is 2.35. The van der Waals surface area contributed by atoms with Crippen LogP contribution in [0, 0.1) is 10.1 Å². The molecule has 0 unspecified atom stereocenters. The first-order valence-electron chi connectivity index (χ1n) is 5.32. The molecule has 19 heavy (non-hydrogen) atoms. The normalized spacial score (nSPS) is 10.2. The van der Waals surface area contributed by atoms with Crippen molar-refractivity contribution in [1.29, 1.82) is 0 Å². The Morgan fingerprint density at radius 3 is 2.84 bits per heavy atom. The molecule has 0 radical (unpaired) electrons. The Kier molecular flexibility index (Phi) is 3.86. The van der Waals surface area contributed by atoms with Crippen LogP contribution in [0.25, 0.3) is 0 Å². The summed E-state index contributed by atoms with van der Waals surface area (Å²) < 4.78 is 5.11. The number of rotatable bonds is 4. The number of hydrogen-bond donors (Lipinski definition) is 1. The van der Waals surface area contributed by atoms with Crippen molar-refractivity contribution in [1.82, 2.24) is 4.98 Å². The molecule has 0 saturated heterocycles. The number of aromatic nitrogens is 1. The van der Waals surface area contributed by atoms with Crippen molar-refractivity contribution in [2.24, 2.45) is 0 Å². The van der Waals surface area contributed by atoms with Crippen LogP contribution in [0.2, 0.25) is 0 Å². The van der Waals surface area contributed by atoms with E-state index in [0.717, 1.165) is 4.90 Å². The molecule has 0 bridgehead atoms. The van der Waals surface area contributed by atoms with E-state index in [1.807, 2.05) is 24.3 Å². The van der Waals surface area contributed by atoms with Gasteiger partial charge in [0.2, 0.25) is 0 Å². The van der Waals surface area contributed by atoms with Crippen LogP contribution < -0.4 is 10.5 Å². The molecule has 2 rings (SSSR count). The van der Waals surface area contributed by atoms with Gasteiger partial charge in [0, 0.05) is 11.0 Å². The molecule has 0 atom stereocenters. The van der Waals surface area contributed by atoms with Crippen LogP contribution in [-0.2, 0) is 0 Å². The third-order valence-corrected chi connectivity index (χ3v) is 3.19. The van der Waals surface area contributed by atoms with Crippen molar-refractivity contribution in [3.63, 3.8) is 0 Å². The van der Waals surface area contributed by atoms with Crippen LogP contribution in [-0.4, -0.2) is 17.0 Å². The molecule has 7 heteroatoms. The highest BCUT2D eigenvalue weighted by molar-refractivity contribution is 7.99. The van der Waals surface area contributed by atoms with Gasteiger partial charge >= 0.3 is 0 Å². The average Bonchev–Trinajstić information content (AvgIpc) is 2.38. The molecule has 0 fully saturated rings. The number of hydrogen-bond acceptors (Lipinski definition) is 6. The fourth-order valence-electron chi connectivity index (χ4n) is 1.45. The molecule has 0 aliphatic carbocycles. The Balaban J connectivity index is 2.29. The topological polar surface area (TPSA) is 91.3 Å². The number of nitro groups is 1. The highest BCUT2D eigenvalue weighted by Crippen LogP contribution is 2.31. The van der Waals surface area contributed by atoms with Crippen LogP contribution in [0.5, 0.6) is 5.75 Å². The van der Waals surface area contributed by atoms with Crippen LogP contribution in [0.15, 0.2) is 46.3 Å². The third-order valence-electron chi connectivity index (χ3n) is 2.28. The Morgan fingerprint density at radius 2 is 2.16 bits per heavy atom. The first kappa shape index (κ1) is 13.2. The number of methoxy groups -OCH3 is 1. The van der Waals surface area contributed by atoms with Crippen molar-refractivity contribution in [3.8, 4) is 5.75 Å². The summed E-state index contributed by atoms with van der Waals surface area (Å²) in [6, 6.07) is 9.96. The zero-order valence-corrected chi connectivity index (χ0v) is 10.9. The molecule has 0 aliphatic rings. The molecule has 2 N–H and O–H groups in total. The lowest BCUT2D eigenvalue weighted by Crippen LogP contribution is -1.95. The number of nitrogens with zero attached hydrogens (tertiary/aromatic N) is 2. The van der Waals surface area contributed by atoms with Gasteiger partial charge in [0.1, 0.15) is 16.6 Å². The predicted molar refractivity (Wildman–Crippen MR) is 72.4 cm³/mol. The minimum absolute atomic E-state index is 0.0714. The van der Waals surface area contributed by atoms with E-state index in [1.54, 1.807) is 7.11 Å². The second-order valence-corrected chi connectivity index (χ2v) is 4.72. The summed E-state index contributed by atoms with van der Waals surface area (Å²) in [6.07, 6.45) is 0. The van der Waals surface area contributed by atoms with Crippen molar-refractivity contribution < 1.29 is 9.66 Å². The molecule has 1 aromatic heterocycles. The van der Waals surface area contributed by atoms with Crippen LogP contribution in [0.4, 0.5) is 11.5 Å². The van der Waals surface area contributed by atoms with Crippen molar-refractivity contribution in [2.75, 3.05) is 12.8 Å². The maximum Gasteiger partial charge on any atom is 0.275 e. The number of anilines is 1. The third kappa shape index (κ3) is 3.35. The Morgan fingerprint density at radius 1 is 1.37 bits per heavy atom. The van der Waals surface area contributed by atoms with E-state index in [2.05, 4.69) is 4.98 Å². The van der Waals surface area contributed by atoms with E-state index >= 15 is 0 Å². The second kappa shape index (κ2) is 5.57. The molecule has 1 aromatic carbocycles. The highest BCUT2D eigenvalue weighted by atomic mass is 32.2. The smallest absolute Gasteiger partial charge is 0.275 e. The quantitative estimate of drug-likeness (QED) is 0.682. The monoisotopic (exact) mass is 277 g/mol. The Bertz CT molecular complexity index is 619. The van der Waals surface area contributed by atoms with Gasteiger partial charge in [-0.25, -0.2) is 4.98 Å². The fraction of sp³-hybridized carbons (Fsp3) is 0.0833. The summed E-state index contributed by atoms with van der Waals surface area (Å²) in [6.45, 7) is 0. The van der Waals surface area contributed by atoms with Gasteiger partial charge < -0.3 is 10.5 Å². The highest BCUT2D eigenvalue weighted by Gasteiger charge is 2.11. The summed E-state index contributed by atoms with van der Waals surface area (Å²) >= 11 is 1.29. The molecule has 0 aliphatic heterocycles. The first-order chi connectivity index (χ1) is 9.08. The summed E-state index contributed by atoms with van der Waals surface area (Å²) in [5.41, 5.74) is 5.48. The maximum absolute atomic E-state index is 10.8. The van der Waals surface area contributed by atoms with Gasteiger partial charge in [-0.15, -0.1) is 0 Å². The summed E-state index contributed by atoms with van der Waals surface area (Å²) in [4.78, 5) is 15.2. The zero-order chi connectivity index (χ0) is 13.8. The molecule has 0 spiro atoms. The predicted octanol–water partition coefficient (Wildman–Crippen LogP) is 2.73. The van der Waals surface area contributed by atoms with E-state index in [1.165, 1.54) is 23.9 Å². The minimum atomic E-state index is -0.492. The number of benzene rings is 1. The van der Waals surface area contributed by atoms with Gasteiger partial charge in [0.15, 0.2) is 0 Å². The number of nitrogen functional groups attached to an aromatic ring is 1. The number of pyridine rings is 1. The SMILES string of the molecule is COc1cccc(Sc2cc([N+](=O)[O-])cc(N)n2)c1. The number of ether oxygens (including phenoxy) is 1. The van der Waals surface area contributed by atoms with E-state index in [9.17, 15) is 10.1 Å². The van der Waals surface area contributed by atoms with Crippen LogP contribution in [0.1, 0.15) is 0 Å². The van der Waals surface area contributed by atoms with E-state index < -0.39 is 4.92 Å². The van der Waals surface area contributed by atoms with E-state index in [-0.39, 0.29) is 11.5 Å². The maximum atomic E-state index is 10.8. The van der Waals surface area contributed by atoms with Crippen molar-refractivity contribution in [3.05, 3.63) is 46.5 Å². The van der Waals surface area contributed by atoms with Gasteiger partial charge in [-0.2, -0.15) is 0 Å². The minimum Gasteiger partial charge on any atom is -0.497 e. The molecule has 98 valence electrons. The van der Waals surface area contributed by atoms with Crippen molar-refractivity contribution >= 4 is 23.3 Å².